The summed E-state index contributed by atoms with van der Waals surface area (Å²) in [5, 5.41) is 16.1. The maximum absolute atomic E-state index is 13.2. The van der Waals surface area contributed by atoms with Crippen LogP contribution in [0.4, 0.5) is 4.39 Å². The first-order valence-electron chi connectivity index (χ1n) is 7.54. The highest BCUT2D eigenvalue weighted by molar-refractivity contribution is 6.31. The molecule has 0 unspecified atom stereocenters. The Morgan fingerprint density at radius 1 is 1.22 bits per heavy atom. The van der Waals surface area contributed by atoms with E-state index in [4.69, 9.17) is 11.6 Å². The van der Waals surface area contributed by atoms with Crippen molar-refractivity contribution in [1.29, 1.82) is 0 Å². The lowest BCUT2D eigenvalue weighted by Gasteiger charge is -2.14. The third kappa shape index (κ3) is 3.23. The first-order chi connectivity index (χ1) is 11.0. The molecule has 1 aromatic heterocycles. The van der Waals surface area contributed by atoms with Crippen molar-refractivity contribution < 1.29 is 9.50 Å². The van der Waals surface area contributed by atoms with E-state index in [-0.39, 0.29) is 5.02 Å². The Balaban J connectivity index is 1.97. The van der Waals surface area contributed by atoms with Crippen LogP contribution in [0.5, 0.6) is 0 Å². The molecule has 5 heteroatoms. The lowest BCUT2D eigenvalue weighted by atomic mass is 10.0. The van der Waals surface area contributed by atoms with Crippen molar-refractivity contribution in [2.75, 3.05) is 0 Å². The summed E-state index contributed by atoms with van der Waals surface area (Å²) < 4.78 is 15.1. The molecule has 0 spiro atoms. The van der Waals surface area contributed by atoms with Gasteiger partial charge in [-0.05, 0) is 35.7 Å². The third-order valence-corrected chi connectivity index (χ3v) is 4.10. The maximum Gasteiger partial charge on any atom is 0.124 e. The Hall–Kier alpha value is -1.91. The van der Waals surface area contributed by atoms with Gasteiger partial charge in [-0.25, -0.2) is 4.39 Å². The molecule has 0 bridgehead atoms. The molecule has 23 heavy (non-hydrogen) atoms. The molecule has 0 aliphatic carbocycles. The van der Waals surface area contributed by atoms with Gasteiger partial charge in [-0.3, -0.25) is 4.68 Å². The van der Waals surface area contributed by atoms with E-state index < -0.39 is 11.9 Å². The Kier molecular flexibility index (Phi) is 4.37. The van der Waals surface area contributed by atoms with E-state index in [2.05, 4.69) is 18.9 Å². The zero-order chi connectivity index (χ0) is 16.6. The van der Waals surface area contributed by atoms with Gasteiger partial charge in [0, 0.05) is 22.5 Å². The van der Waals surface area contributed by atoms with E-state index in [1.54, 1.807) is 6.20 Å². The van der Waals surface area contributed by atoms with Crippen molar-refractivity contribution >= 4 is 22.5 Å². The van der Waals surface area contributed by atoms with E-state index in [9.17, 15) is 9.50 Å². The second kappa shape index (κ2) is 6.30. The fourth-order valence-electron chi connectivity index (χ4n) is 2.67. The maximum atomic E-state index is 13.2. The molecule has 1 heterocycles. The highest BCUT2D eigenvalue weighted by atomic mass is 35.5. The van der Waals surface area contributed by atoms with Crippen LogP contribution in [0.1, 0.15) is 31.1 Å². The van der Waals surface area contributed by atoms with Gasteiger partial charge in [0.1, 0.15) is 11.9 Å². The predicted molar refractivity (Wildman–Crippen MR) is 90.0 cm³/mol. The molecule has 3 rings (SSSR count). The summed E-state index contributed by atoms with van der Waals surface area (Å²) in [6.07, 6.45) is 0.890. The van der Waals surface area contributed by atoms with Crippen LogP contribution in [0.15, 0.2) is 42.6 Å². The number of aliphatic hydroxyl groups is 1. The van der Waals surface area contributed by atoms with Crippen LogP contribution in [0.25, 0.3) is 10.9 Å². The number of hydrogen-bond acceptors (Lipinski definition) is 2. The van der Waals surface area contributed by atoms with Gasteiger partial charge >= 0.3 is 0 Å². The van der Waals surface area contributed by atoms with Crippen LogP contribution in [-0.2, 0) is 6.54 Å². The molecule has 0 aliphatic heterocycles. The van der Waals surface area contributed by atoms with Crippen LogP contribution < -0.4 is 0 Å². The minimum absolute atomic E-state index is 0.216. The molecule has 3 nitrogen and oxygen atoms in total. The van der Waals surface area contributed by atoms with Crippen molar-refractivity contribution in [3.8, 4) is 0 Å². The molecule has 3 aromatic rings. The molecule has 0 radical (unpaired) electrons. The SMILES string of the molecule is CC(C)Cn1ncc2cc([C@H](O)c3ccc(F)cc3Cl)ccc21. The van der Waals surface area contributed by atoms with Crippen LogP contribution in [0.2, 0.25) is 5.02 Å². The van der Waals surface area contributed by atoms with E-state index in [1.807, 2.05) is 22.9 Å². The topological polar surface area (TPSA) is 38.0 Å². The summed E-state index contributed by atoms with van der Waals surface area (Å²) in [5.74, 6) is 0.0813. The minimum atomic E-state index is -0.902. The monoisotopic (exact) mass is 332 g/mol. The van der Waals surface area contributed by atoms with E-state index in [1.165, 1.54) is 18.2 Å². The highest BCUT2D eigenvalue weighted by Gasteiger charge is 2.16. The molecule has 1 atom stereocenters. The standard InChI is InChI=1S/C18H18ClFN2O/c1-11(2)10-22-17-6-3-12(7-13(17)9-21-22)18(23)15-5-4-14(20)8-16(15)19/h3-9,11,18,23H,10H2,1-2H3/t18-/m0/s1. The molecule has 1 N–H and O–H groups in total. The Labute approximate surface area is 139 Å². The summed E-state index contributed by atoms with van der Waals surface area (Å²) in [6.45, 7) is 5.12. The number of aromatic nitrogens is 2. The molecule has 0 saturated carbocycles. The van der Waals surface area contributed by atoms with Gasteiger partial charge in [0.05, 0.1) is 11.7 Å². The van der Waals surface area contributed by atoms with Crippen LogP contribution >= 0.6 is 11.6 Å². The molecule has 2 aromatic carbocycles. The summed E-state index contributed by atoms with van der Waals surface area (Å²) in [4.78, 5) is 0. The molecule has 0 amide bonds. The highest BCUT2D eigenvalue weighted by Crippen LogP contribution is 2.30. The van der Waals surface area contributed by atoms with Crippen molar-refractivity contribution in [1.82, 2.24) is 9.78 Å². The fraction of sp³-hybridized carbons (Fsp3) is 0.278. The van der Waals surface area contributed by atoms with Gasteiger partial charge in [-0.2, -0.15) is 5.10 Å². The predicted octanol–water partition coefficient (Wildman–Crippen LogP) is 4.57. The number of nitrogens with zero attached hydrogens (tertiary/aromatic N) is 2. The van der Waals surface area contributed by atoms with Gasteiger partial charge in [0.15, 0.2) is 0 Å². The van der Waals surface area contributed by atoms with Crippen LogP contribution in [-0.4, -0.2) is 14.9 Å². The summed E-state index contributed by atoms with van der Waals surface area (Å²) in [7, 11) is 0. The summed E-state index contributed by atoms with van der Waals surface area (Å²) in [6, 6.07) is 9.70. The first kappa shape index (κ1) is 16.0. The van der Waals surface area contributed by atoms with Gasteiger partial charge in [-0.15, -0.1) is 0 Å². The van der Waals surface area contributed by atoms with Crippen LogP contribution in [0, 0.1) is 11.7 Å². The second-order valence-corrected chi connectivity index (χ2v) is 6.51. The van der Waals surface area contributed by atoms with Crippen molar-refractivity contribution in [2.45, 2.75) is 26.5 Å². The Bertz CT molecular complexity index is 844. The number of fused-ring (bicyclic) bond motifs is 1. The van der Waals surface area contributed by atoms with E-state index in [0.717, 1.165) is 17.4 Å². The number of benzene rings is 2. The Morgan fingerprint density at radius 2 is 2.00 bits per heavy atom. The molecule has 0 aliphatic rings. The quantitative estimate of drug-likeness (QED) is 0.760. The van der Waals surface area contributed by atoms with Crippen molar-refractivity contribution in [3.63, 3.8) is 0 Å². The van der Waals surface area contributed by atoms with Gasteiger partial charge in [0.25, 0.3) is 0 Å². The third-order valence-electron chi connectivity index (χ3n) is 3.78. The van der Waals surface area contributed by atoms with E-state index in [0.29, 0.717) is 17.0 Å². The zero-order valence-corrected chi connectivity index (χ0v) is 13.8. The lowest BCUT2D eigenvalue weighted by Crippen LogP contribution is -2.05. The average molecular weight is 333 g/mol. The fourth-order valence-corrected chi connectivity index (χ4v) is 2.94. The van der Waals surface area contributed by atoms with Crippen molar-refractivity contribution in [3.05, 3.63) is 64.6 Å². The van der Waals surface area contributed by atoms with Crippen LogP contribution in [0.3, 0.4) is 0 Å². The number of rotatable bonds is 4. The van der Waals surface area contributed by atoms with Crippen molar-refractivity contribution in [2.24, 2.45) is 5.92 Å². The molecule has 0 saturated heterocycles. The summed E-state index contributed by atoms with van der Waals surface area (Å²) >= 11 is 6.04. The van der Waals surface area contributed by atoms with Gasteiger partial charge in [0.2, 0.25) is 0 Å². The average Bonchev–Trinajstić information content (AvgIpc) is 2.88. The lowest BCUT2D eigenvalue weighted by molar-refractivity contribution is 0.220. The minimum Gasteiger partial charge on any atom is -0.384 e. The van der Waals surface area contributed by atoms with Gasteiger partial charge in [-0.1, -0.05) is 37.6 Å². The number of hydrogen-bond donors (Lipinski definition) is 1. The largest absolute Gasteiger partial charge is 0.384 e. The zero-order valence-electron chi connectivity index (χ0n) is 13.0. The number of halogens is 2. The normalized spacial score (nSPS) is 13.0. The number of aliphatic hydroxyl groups excluding tert-OH is 1. The molecule has 120 valence electrons. The molecule has 0 fully saturated rings. The smallest absolute Gasteiger partial charge is 0.124 e. The molecular weight excluding hydrogens is 315 g/mol. The second-order valence-electron chi connectivity index (χ2n) is 6.11. The van der Waals surface area contributed by atoms with E-state index >= 15 is 0 Å². The summed E-state index contributed by atoms with van der Waals surface area (Å²) in [5.41, 5.74) is 2.22. The van der Waals surface area contributed by atoms with Gasteiger partial charge < -0.3 is 5.11 Å². The molecular formula is C18H18ClFN2O. The first-order valence-corrected chi connectivity index (χ1v) is 7.92. The Morgan fingerprint density at radius 3 is 2.70 bits per heavy atom.